The molecule has 222 valence electrons. The van der Waals surface area contributed by atoms with Gasteiger partial charge in [-0.05, 0) is 48.4 Å². The van der Waals surface area contributed by atoms with E-state index >= 15 is 0 Å². The molecule has 0 spiro atoms. The molecule has 0 aliphatic carbocycles. The number of aliphatic carboxylic acids is 1. The van der Waals surface area contributed by atoms with Gasteiger partial charge in [0, 0.05) is 50.7 Å². The van der Waals surface area contributed by atoms with Crippen LogP contribution in [0.1, 0.15) is 27.2 Å². The van der Waals surface area contributed by atoms with Crippen molar-refractivity contribution in [3.05, 3.63) is 97.5 Å². The summed E-state index contributed by atoms with van der Waals surface area (Å²) >= 11 is 12.4. The van der Waals surface area contributed by atoms with Crippen molar-refractivity contribution < 1.29 is 32.3 Å². The Morgan fingerprint density at radius 3 is 2.36 bits per heavy atom. The van der Waals surface area contributed by atoms with Gasteiger partial charge in [-0.3, -0.25) is 14.0 Å². The summed E-state index contributed by atoms with van der Waals surface area (Å²) in [7, 11) is 0. The lowest BCUT2D eigenvalue weighted by atomic mass is 10.0. The summed E-state index contributed by atoms with van der Waals surface area (Å²) in [5.74, 6) is -2.81. The van der Waals surface area contributed by atoms with E-state index in [0.717, 1.165) is 11.4 Å². The number of carboxylic acid groups (broad SMARTS) is 1. The quantitative estimate of drug-likeness (QED) is 0.309. The van der Waals surface area contributed by atoms with Crippen LogP contribution in [0, 0.1) is 12.7 Å². The van der Waals surface area contributed by atoms with Crippen molar-refractivity contribution in [1.82, 2.24) is 19.3 Å². The Labute approximate surface area is 245 Å². The van der Waals surface area contributed by atoms with Gasteiger partial charge < -0.3 is 19.9 Å². The van der Waals surface area contributed by atoms with Crippen molar-refractivity contribution in [2.75, 3.05) is 31.1 Å². The Hall–Kier alpha value is -4.10. The topological polar surface area (TPSA) is 111 Å². The Balaban J connectivity index is 0.000000517. The fraction of sp³-hybridized carbons (Fsp3) is 0.259. The number of aromatic nitrogens is 3. The number of piperazine rings is 1. The van der Waals surface area contributed by atoms with Gasteiger partial charge in [-0.2, -0.15) is 13.2 Å². The smallest absolute Gasteiger partial charge is 0.475 e. The summed E-state index contributed by atoms with van der Waals surface area (Å²) in [6.07, 6.45) is -1.46. The number of aryl methyl sites for hydroxylation is 1. The van der Waals surface area contributed by atoms with Crippen LogP contribution < -0.4 is 10.5 Å². The SMILES string of the molecule is Cc1ccnc(N2CCN(C(=O)c3cc(Cc4c[nH]c(=O)c5cc(Cl)c(Cl)n45)ccc3F)CC2)c1.O=C(O)C(F)(F)F. The number of benzene rings is 1. The first-order valence-corrected chi connectivity index (χ1v) is 13.1. The first-order chi connectivity index (χ1) is 19.8. The highest BCUT2D eigenvalue weighted by atomic mass is 35.5. The molecule has 42 heavy (non-hydrogen) atoms. The van der Waals surface area contributed by atoms with E-state index in [1.54, 1.807) is 33.8 Å². The maximum Gasteiger partial charge on any atom is 0.490 e. The second kappa shape index (κ2) is 12.4. The van der Waals surface area contributed by atoms with E-state index in [4.69, 9.17) is 33.1 Å². The van der Waals surface area contributed by atoms with Gasteiger partial charge in [0.15, 0.2) is 0 Å². The van der Waals surface area contributed by atoms with E-state index in [9.17, 15) is 27.2 Å². The number of anilines is 1. The van der Waals surface area contributed by atoms with Crippen LogP contribution in [-0.4, -0.2) is 68.6 Å². The molecule has 15 heteroatoms. The first-order valence-electron chi connectivity index (χ1n) is 12.4. The molecule has 5 rings (SSSR count). The minimum Gasteiger partial charge on any atom is -0.475 e. The minimum absolute atomic E-state index is 0.0157. The molecule has 4 heterocycles. The molecule has 1 amide bonds. The van der Waals surface area contributed by atoms with Crippen molar-refractivity contribution >= 4 is 46.4 Å². The lowest BCUT2D eigenvalue weighted by Gasteiger charge is -2.35. The summed E-state index contributed by atoms with van der Waals surface area (Å²) < 4.78 is 48.0. The molecular formula is C27H23Cl2F4N5O4. The molecule has 0 saturated carbocycles. The molecule has 3 aromatic heterocycles. The van der Waals surface area contributed by atoms with Gasteiger partial charge in [0.1, 0.15) is 22.3 Å². The number of carboxylic acids is 1. The number of fused-ring (bicyclic) bond motifs is 1. The van der Waals surface area contributed by atoms with E-state index in [-0.39, 0.29) is 27.2 Å². The van der Waals surface area contributed by atoms with Crippen LogP contribution in [0.3, 0.4) is 0 Å². The number of carbonyl (C=O) groups is 2. The summed E-state index contributed by atoms with van der Waals surface area (Å²) in [4.78, 5) is 45.1. The summed E-state index contributed by atoms with van der Waals surface area (Å²) in [5.41, 5.74) is 2.49. The van der Waals surface area contributed by atoms with Gasteiger partial charge >= 0.3 is 12.1 Å². The molecule has 0 atom stereocenters. The molecule has 1 saturated heterocycles. The largest absolute Gasteiger partial charge is 0.490 e. The van der Waals surface area contributed by atoms with Crippen LogP contribution >= 0.6 is 23.2 Å². The Morgan fingerprint density at radius 1 is 1.07 bits per heavy atom. The summed E-state index contributed by atoms with van der Waals surface area (Å²) in [6.45, 7) is 4.18. The molecule has 2 N–H and O–H groups in total. The van der Waals surface area contributed by atoms with Gasteiger partial charge in [0.2, 0.25) is 0 Å². The molecular weight excluding hydrogens is 605 g/mol. The molecule has 4 aromatic rings. The van der Waals surface area contributed by atoms with Crippen molar-refractivity contribution in [1.29, 1.82) is 0 Å². The van der Waals surface area contributed by atoms with Crippen LogP contribution in [0.2, 0.25) is 10.2 Å². The van der Waals surface area contributed by atoms with Crippen molar-refractivity contribution in [2.45, 2.75) is 19.5 Å². The van der Waals surface area contributed by atoms with Crippen LogP contribution in [0.5, 0.6) is 0 Å². The normalized spacial score (nSPS) is 13.6. The minimum atomic E-state index is -5.08. The maximum atomic E-state index is 14.7. The average Bonchev–Trinajstić information content (AvgIpc) is 3.25. The lowest BCUT2D eigenvalue weighted by molar-refractivity contribution is -0.192. The second-order valence-corrected chi connectivity index (χ2v) is 10.1. The van der Waals surface area contributed by atoms with Crippen LogP contribution in [0.25, 0.3) is 5.52 Å². The average molecular weight is 628 g/mol. The van der Waals surface area contributed by atoms with Crippen molar-refractivity contribution in [3.8, 4) is 0 Å². The second-order valence-electron chi connectivity index (χ2n) is 9.38. The van der Waals surface area contributed by atoms with Gasteiger partial charge in [0.05, 0.1) is 10.6 Å². The number of rotatable bonds is 4. The summed E-state index contributed by atoms with van der Waals surface area (Å²) in [5, 5.41) is 7.61. The number of nitrogens with zero attached hydrogens (tertiary/aromatic N) is 4. The van der Waals surface area contributed by atoms with Crippen molar-refractivity contribution in [2.24, 2.45) is 0 Å². The zero-order valence-corrected chi connectivity index (χ0v) is 23.4. The predicted molar refractivity (Wildman–Crippen MR) is 148 cm³/mol. The molecule has 1 fully saturated rings. The third-order valence-corrected chi connectivity index (χ3v) is 7.23. The van der Waals surface area contributed by atoms with Gasteiger partial charge in [-0.15, -0.1) is 0 Å². The third-order valence-electron chi connectivity index (χ3n) is 6.47. The number of pyridine rings is 1. The lowest BCUT2D eigenvalue weighted by Crippen LogP contribution is -2.49. The Kier molecular flexibility index (Phi) is 9.12. The number of alkyl halides is 3. The first kappa shape index (κ1) is 30.8. The Morgan fingerprint density at radius 2 is 1.74 bits per heavy atom. The highest BCUT2D eigenvalue weighted by Gasteiger charge is 2.38. The molecule has 1 aliphatic rings. The molecule has 0 radical (unpaired) electrons. The van der Waals surface area contributed by atoms with Gasteiger partial charge in [-0.1, -0.05) is 29.3 Å². The fourth-order valence-electron chi connectivity index (χ4n) is 4.38. The van der Waals surface area contributed by atoms with E-state index < -0.39 is 18.0 Å². The fourth-order valence-corrected chi connectivity index (χ4v) is 4.82. The van der Waals surface area contributed by atoms with Crippen LogP contribution in [-0.2, 0) is 11.2 Å². The molecule has 9 nitrogen and oxygen atoms in total. The van der Waals surface area contributed by atoms with Gasteiger partial charge in [0.25, 0.3) is 11.5 Å². The zero-order chi connectivity index (χ0) is 30.8. The number of H-pyrrole nitrogens is 1. The van der Waals surface area contributed by atoms with E-state index in [0.29, 0.717) is 49.4 Å². The number of amides is 1. The highest BCUT2D eigenvalue weighted by Crippen LogP contribution is 2.27. The number of hydrogen-bond donors (Lipinski definition) is 2. The van der Waals surface area contributed by atoms with E-state index in [1.807, 2.05) is 19.1 Å². The molecule has 1 aromatic carbocycles. The zero-order valence-electron chi connectivity index (χ0n) is 21.9. The van der Waals surface area contributed by atoms with Crippen LogP contribution in [0.4, 0.5) is 23.4 Å². The number of hydrogen-bond acceptors (Lipinski definition) is 5. The van der Waals surface area contributed by atoms with Crippen molar-refractivity contribution in [3.63, 3.8) is 0 Å². The number of aromatic amines is 1. The third kappa shape index (κ3) is 6.85. The standard InChI is InChI=1S/C25H22Cl2FN5O2.C2HF3O2/c1-15-4-5-29-22(10-15)31-6-8-32(9-7-31)25(35)18-12-16(2-3-20(18)28)11-17-14-30-24(34)21-13-19(26)23(27)33(17)21;3-2(4,5)1(6)7/h2-5,10,12-14H,6-9,11H2,1H3,(H,30,34);(H,6,7). The molecule has 1 aliphatic heterocycles. The van der Waals surface area contributed by atoms with Crippen LogP contribution in [0.15, 0.2) is 53.6 Å². The number of nitrogens with one attached hydrogen (secondary N) is 1. The van der Waals surface area contributed by atoms with E-state index in [2.05, 4.69) is 14.9 Å². The maximum absolute atomic E-state index is 14.7. The molecule has 0 unspecified atom stereocenters. The highest BCUT2D eigenvalue weighted by molar-refractivity contribution is 6.42. The summed E-state index contributed by atoms with van der Waals surface area (Å²) in [6, 6.07) is 9.92. The number of halogens is 6. The van der Waals surface area contributed by atoms with E-state index in [1.165, 1.54) is 12.1 Å². The Bertz CT molecular complexity index is 1700. The monoisotopic (exact) mass is 627 g/mol. The number of carbonyl (C=O) groups excluding carboxylic acids is 1. The predicted octanol–water partition coefficient (Wildman–Crippen LogP) is 4.96. The van der Waals surface area contributed by atoms with Gasteiger partial charge in [-0.25, -0.2) is 14.2 Å². The molecule has 0 bridgehead atoms.